The molecule has 0 saturated carbocycles. The average molecular weight is 281 g/mol. The number of amides is 1. The minimum atomic E-state index is -0.0200. The standard InChI is InChI=1S/C19H23NO/c1-3-4-8-16-11-13-18(14-12-16)19(21)20-15(2)17-9-6-5-7-10-17/h5-7,9-15H,3-4,8H2,1-2H3,(H,20,21)/t15-/m0/s1. The van der Waals surface area contributed by atoms with Crippen molar-refractivity contribution < 1.29 is 4.79 Å². The molecule has 0 aliphatic heterocycles. The van der Waals surface area contributed by atoms with Gasteiger partial charge in [-0.05, 0) is 43.0 Å². The number of carbonyl (C=O) groups is 1. The summed E-state index contributed by atoms with van der Waals surface area (Å²) in [6.45, 7) is 4.19. The molecule has 0 saturated heterocycles. The van der Waals surface area contributed by atoms with Crippen LogP contribution in [0.1, 0.15) is 54.2 Å². The number of aryl methyl sites for hydroxylation is 1. The van der Waals surface area contributed by atoms with E-state index in [4.69, 9.17) is 0 Å². The Morgan fingerprint density at radius 3 is 2.33 bits per heavy atom. The Morgan fingerprint density at radius 1 is 1.05 bits per heavy atom. The van der Waals surface area contributed by atoms with Gasteiger partial charge in [-0.15, -0.1) is 0 Å². The van der Waals surface area contributed by atoms with Crippen LogP contribution in [0.4, 0.5) is 0 Å². The fourth-order valence-corrected chi connectivity index (χ4v) is 2.31. The van der Waals surface area contributed by atoms with Gasteiger partial charge < -0.3 is 5.32 Å². The van der Waals surface area contributed by atoms with Gasteiger partial charge in [-0.25, -0.2) is 0 Å². The lowest BCUT2D eigenvalue weighted by atomic mass is 10.1. The Morgan fingerprint density at radius 2 is 1.71 bits per heavy atom. The van der Waals surface area contributed by atoms with Gasteiger partial charge in [0.25, 0.3) is 5.91 Å². The van der Waals surface area contributed by atoms with Crippen molar-refractivity contribution in [3.8, 4) is 0 Å². The fourth-order valence-electron chi connectivity index (χ4n) is 2.31. The normalized spacial score (nSPS) is 11.9. The molecule has 0 aliphatic rings. The second kappa shape index (κ2) is 7.63. The number of benzene rings is 2. The summed E-state index contributed by atoms with van der Waals surface area (Å²) in [6, 6.07) is 18.0. The number of hydrogen-bond acceptors (Lipinski definition) is 1. The Labute approximate surface area is 127 Å². The molecule has 0 radical (unpaired) electrons. The maximum absolute atomic E-state index is 12.2. The zero-order valence-corrected chi connectivity index (χ0v) is 12.8. The van der Waals surface area contributed by atoms with E-state index in [-0.39, 0.29) is 11.9 Å². The summed E-state index contributed by atoms with van der Waals surface area (Å²) < 4.78 is 0. The molecule has 1 amide bonds. The zero-order valence-electron chi connectivity index (χ0n) is 12.8. The zero-order chi connectivity index (χ0) is 15.1. The molecule has 2 rings (SSSR count). The van der Waals surface area contributed by atoms with E-state index < -0.39 is 0 Å². The minimum Gasteiger partial charge on any atom is -0.346 e. The molecule has 1 atom stereocenters. The van der Waals surface area contributed by atoms with Gasteiger partial charge in [0.05, 0.1) is 6.04 Å². The van der Waals surface area contributed by atoms with Gasteiger partial charge in [0.15, 0.2) is 0 Å². The highest BCUT2D eigenvalue weighted by molar-refractivity contribution is 5.94. The third-order valence-electron chi connectivity index (χ3n) is 3.68. The molecule has 0 heterocycles. The van der Waals surface area contributed by atoms with Crippen molar-refractivity contribution in [3.05, 3.63) is 71.3 Å². The van der Waals surface area contributed by atoms with E-state index in [1.807, 2.05) is 49.4 Å². The van der Waals surface area contributed by atoms with Crippen molar-refractivity contribution in [2.24, 2.45) is 0 Å². The second-order valence-electron chi connectivity index (χ2n) is 5.41. The number of rotatable bonds is 6. The van der Waals surface area contributed by atoms with Gasteiger partial charge in [-0.3, -0.25) is 4.79 Å². The number of hydrogen-bond donors (Lipinski definition) is 1. The highest BCUT2D eigenvalue weighted by atomic mass is 16.1. The highest BCUT2D eigenvalue weighted by Crippen LogP contribution is 2.13. The van der Waals surface area contributed by atoms with Crippen LogP contribution in [0, 0.1) is 0 Å². The van der Waals surface area contributed by atoms with E-state index in [9.17, 15) is 4.79 Å². The molecule has 0 bridgehead atoms. The van der Waals surface area contributed by atoms with Gasteiger partial charge in [0, 0.05) is 5.56 Å². The van der Waals surface area contributed by atoms with Crippen LogP contribution in [0.25, 0.3) is 0 Å². The van der Waals surface area contributed by atoms with E-state index in [1.165, 1.54) is 18.4 Å². The van der Waals surface area contributed by atoms with Crippen LogP contribution in [-0.2, 0) is 6.42 Å². The molecule has 110 valence electrons. The lowest BCUT2D eigenvalue weighted by Gasteiger charge is -2.14. The third kappa shape index (κ3) is 4.45. The molecule has 0 aliphatic carbocycles. The van der Waals surface area contributed by atoms with Crippen molar-refractivity contribution in [2.75, 3.05) is 0 Å². The van der Waals surface area contributed by atoms with E-state index in [0.717, 1.165) is 17.5 Å². The highest BCUT2D eigenvalue weighted by Gasteiger charge is 2.10. The molecule has 0 unspecified atom stereocenters. The summed E-state index contributed by atoms with van der Waals surface area (Å²) in [4.78, 5) is 12.2. The Balaban J connectivity index is 1.97. The largest absolute Gasteiger partial charge is 0.346 e. The Kier molecular flexibility index (Phi) is 5.56. The smallest absolute Gasteiger partial charge is 0.251 e. The monoisotopic (exact) mass is 281 g/mol. The summed E-state index contributed by atoms with van der Waals surface area (Å²) in [7, 11) is 0. The lowest BCUT2D eigenvalue weighted by Crippen LogP contribution is -2.26. The Hall–Kier alpha value is -2.09. The minimum absolute atomic E-state index is 0.0125. The number of nitrogens with one attached hydrogen (secondary N) is 1. The molecular weight excluding hydrogens is 258 g/mol. The average Bonchev–Trinajstić information content (AvgIpc) is 2.54. The molecule has 2 nitrogen and oxygen atoms in total. The van der Waals surface area contributed by atoms with E-state index in [1.54, 1.807) is 0 Å². The summed E-state index contributed by atoms with van der Waals surface area (Å²) >= 11 is 0. The second-order valence-corrected chi connectivity index (χ2v) is 5.41. The van der Waals surface area contributed by atoms with Crippen molar-refractivity contribution in [1.82, 2.24) is 5.32 Å². The summed E-state index contributed by atoms with van der Waals surface area (Å²) in [5.74, 6) is -0.0200. The molecule has 0 spiro atoms. The van der Waals surface area contributed by atoms with Crippen molar-refractivity contribution in [1.29, 1.82) is 0 Å². The van der Waals surface area contributed by atoms with Gasteiger partial charge in [0.2, 0.25) is 0 Å². The molecule has 21 heavy (non-hydrogen) atoms. The Bertz CT molecular complexity index is 560. The fraction of sp³-hybridized carbons (Fsp3) is 0.316. The molecule has 2 aromatic rings. The van der Waals surface area contributed by atoms with Crippen LogP contribution >= 0.6 is 0 Å². The van der Waals surface area contributed by atoms with E-state index >= 15 is 0 Å². The van der Waals surface area contributed by atoms with Crippen molar-refractivity contribution in [3.63, 3.8) is 0 Å². The summed E-state index contributed by atoms with van der Waals surface area (Å²) in [5.41, 5.74) is 3.13. The van der Waals surface area contributed by atoms with Gasteiger partial charge >= 0.3 is 0 Å². The third-order valence-corrected chi connectivity index (χ3v) is 3.68. The quantitative estimate of drug-likeness (QED) is 0.828. The van der Waals surface area contributed by atoms with Crippen LogP contribution in [0.15, 0.2) is 54.6 Å². The van der Waals surface area contributed by atoms with Gasteiger partial charge in [-0.1, -0.05) is 55.8 Å². The van der Waals surface area contributed by atoms with Gasteiger partial charge in [-0.2, -0.15) is 0 Å². The first-order chi connectivity index (χ1) is 10.2. The molecule has 2 heteroatoms. The molecular formula is C19H23NO. The molecule has 2 aromatic carbocycles. The predicted molar refractivity (Wildman–Crippen MR) is 87.4 cm³/mol. The SMILES string of the molecule is CCCCc1ccc(C(=O)N[C@@H](C)c2ccccc2)cc1. The first-order valence-electron chi connectivity index (χ1n) is 7.65. The van der Waals surface area contributed by atoms with Crippen molar-refractivity contribution >= 4 is 5.91 Å². The maximum Gasteiger partial charge on any atom is 0.251 e. The van der Waals surface area contributed by atoms with E-state index in [0.29, 0.717) is 0 Å². The van der Waals surface area contributed by atoms with E-state index in [2.05, 4.69) is 24.4 Å². The summed E-state index contributed by atoms with van der Waals surface area (Å²) in [5, 5.41) is 3.04. The maximum atomic E-state index is 12.2. The molecule has 1 N–H and O–H groups in total. The molecule has 0 fully saturated rings. The van der Waals surface area contributed by atoms with Crippen molar-refractivity contribution in [2.45, 2.75) is 39.2 Å². The van der Waals surface area contributed by atoms with Gasteiger partial charge in [0.1, 0.15) is 0 Å². The van der Waals surface area contributed by atoms with Crippen LogP contribution in [0.5, 0.6) is 0 Å². The lowest BCUT2D eigenvalue weighted by molar-refractivity contribution is 0.0940. The van der Waals surface area contributed by atoms with Crippen LogP contribution in [0.2, 0.25) is 0 Å². The number of unbranched alkanes of at least 4 members (excludes halogenated alkanes) is 1. The predicted octanol–water partition coefficient (Wildman–Crippen LogP) is 4.52. The first kappa shape index (κ1) is 15.3. The number of carbonyl (C=O) groups excluding carboxylic acids is 1. The summed E-state index contributed by atoms with van der Waals surface area (Å²) in [6.07, 6.45) is 3.46. The van der Waals surface area contributed by atoms with Crippen LogP contribution < -0.4 is 5.32 Å². The molecule has 0 aromatic heterocycles. The van der Waals surface area contributed by atoms with Crippen LogP contribution in [0.3, 0.4) is 0 Å². The first-order valence-corrected chi connectivity index (χ1v) is 7.65. The topological polar surface area (TPSA) is 29.1 Å². The van der Waals surface area contributed by atoms with Crippen LogP contribution in [-0.4, -0.2) is 5.91 Å².